The van der Waals surface area contributed by atoms with Gasteiger partial charge in [0.2, 0.25) is 28.6 Å². The molecule has 0 aromatic heterocycles. The molecule has 206 valence electrons. The molecule has 2 amide bonds. The van der Waals surface area contributed by atoms with Crippen molar-refractivity contribution in [3.8, 4) is 11.5 Å². The number of halogens is 1. The first-order valence-corrected chi connectivity index (χ1v) is 15.1. The summed E-state index contributed by atoms with van der Waals surface area (Å²) in [4.78, 5) is 28.7. The quantitative estimate of drug-likeness (QED) is 0.467. The Kier molecular flexibility index (Phi) is 9.04. The van der Waals surface area contributed by atoms with Crippen molar-refractivity contribution in [1.82, 2.24) is 10.2 Å². The molecule has 0 bridgehead atoms. The zero-order valence-corrected chi connectivity index (χ0v) is 23.3. The van der Waals surface area contributed by atoms with Gasteiger partial charge >= 0.3 is 0 Å². The van der Waals surface area contributed by atoms with Crippen molar-refractivity contribution in [2.75, 3.05) is 23.9 Å². The first kappa shape index (κ1) is 28.0. The Morgan fingerprint density at radius 3 is 2.39 bits per heavy atom. The van der Waals surface area contributed by atoms with Gasteiger partial charge in [-0.2, -0.15) is 0 Å². The molecule has 0 saturated heterocycles. The topological polar surface area (TPSA) is 105 Å². The van der Waals surface area contributed by atoms with E-state index in [-0.39, 0.29) is 31.0 Å². The number of benzene rings is 2. The van der Waals surface area contributed by atoms with E-state index in [9.17, 15) is 18.0 Å². The first-order valence-electron chi connectivity index (χ1n) is 12.9. The molecule has 0 spiro atoms. The molecule has 1 N–H and O–H groups in total. The van der Waals surface area contributed by atoms with Crippen LogP contribution in [0, 0.1) is 0 Å². The van der Waals surface area contributed by atoms with Crippen LogP contribution in [-0.4, -0.2) is 56.8 Å². The molecule has 2 aromatic rings. The second-order valence-electron chi connectivity index (χ2n) is 9.72. The van der Waals surface area contributed by atoms with Gasteiger partial charge in [0.25, 0.3) is 0 Å². The zero-order valence-electron chi connectivity index (χ0n) is 21.7. The molecule has 1 fully saturated rings. The van der Waals surface area contributed by atoms with Crippen molar-refractivity contribution in [2.45, 2.75) is 64.1 Å². The van der Waals surface area contributed by atoms with E-state index in [2.05, 4.69) is 5.32 Å². The summed E-state index contributed by atoms with van der Waals surface area (Å²) in [6, 6.07) is 11.1. The molecule has 1 atom stereocenters. The molecule has 4 rings (SSSR count). The molecule has 11 heteroatoms. The van der Waals surface area contributed by atoms with Crippen molar-refractivity contribution in [2.24, 2.45) is 0 Å². The molecule has 0 radical (unpaired) electrons. The Balaban J connectivity index is 1.61. The van der Waals surface area contributed by atoms with Gasteiger partial charge in [0, 0.05) is 23.7 Å². The third-order valence-corrected chi connectivity index (χ3v) is 8.32. The van der Waals surface area contributed by atoms with Crippen molar-refractivity contribution in [1.29, 1.82) is 0 Å². The van der Waals surface area contributed by atoms with E-state index in [4.69, 9.17) is 21.1 Å². The van der Waals surface area contributed by atoms with Crippen LogP contribution < -0.4 is 19.1 Å². The van der Waals surface area contributed by atoms with Crippen molar-refractivity contribution >= 4 is 39.1 Å². The van der Waals surface area contributed by atoms with Crippen LogP contribution in [0.3, 0.4) is 0 Å². The van der Waals surface area contributed by atoms with Crippen LogP contribution in [-0.2, 0) is 26.2 Å². The van der Waals surface area contributed by atoms with E-state index in [1.807, 2.05) is 6.92 Å². The lowest BCUT2D eigenvalue weighted by Gasteiger charge is -2.34. The van der Waals surface area contributed by atoms with Crippen LogP contribution >= 0.6 is 11.6 Å². The van der Waals surface area contributed by atoms with Gasteiger partial charge in [0.05, 0.1) is 11.9 Å². The predicted molar refractivity (Wildman–Crippen MR) is 146 cm³/mol. The highest BCUT2D eigenvalue weighted by Crippen LogP contribution is 2.36. The van der Waals surface area contributed by atoms with E-state index in [0.29, 0.717) is 22.9 Å². The lowest BCUT2D eigenvalue weighted by atomic mass is 9.95. The summed E-state index contributed by atoms with van der Waals surface area (Å²) >= 11 is 6.05. The van der Waals surface area contributed by atoms with Gasteiger partial charge in [0.1, 0.15) is 12.6 Å². The number of amides is 2. The largest absolute Gasteiger partial charge is 0.454 e. The number of ether oxygens (including phenoxy) is 2. The molecule has 38 heavy (non-hydrogen) atoms. The summed E-state index contributed by atoms with van der Waals surface area (Å²) in [7, 11) is -3.85. The normalized spacial score (nSPS) is 16.1. The molecule has 2 aromatic carbocycles. The van der Waals surface area contributed by atoms with Gasteiger partial charge in [-0.3, -0.25) is 13.9 Å². The fraction of sp³-hybridized carbons (Fsp3) is 0.481. The lowest BCUT2D eigenvalue weighted by molar-refractivity contribution is -0.140. The SMILES string of the molecule is CC[C@@H](C(=O)NC1CCCCC1)N(Cc1ccc(Cl)cc1)C(=O)CN(c1ccc2c(c1)OCO2)S(C)(=O)=O. The van der Waals surface area contributed by atoms with Crippen LogP contribution in [0.2, 0.25) is 5.02 Å². The van der Waals surface area contributed by atoms with E-state index in [1.165, 1.54) is 11.0 Å². The average molecular weight is 564 g/mol. The highest BCUT2D eigenvalue weighted by atomic mass is 35.5. The molecular formula is C27H34ClN3O6S. The van der Waals surface area contributed by atoms with Crippen LogP contribution in [0.15, 0.2) is 42.5 Å². The van der Waals surface area contributed by atoms with Gasteiger partial charge in [-0.25, -0.2) is 8.42 Å². The summed E-state index contributed by atoms with van der Waals surface area (Å²) in [5, 5.41) is 3.68. The monoisotopic (exact) mass is 563 g/mol. The third kappa shape index (κ3) is 6.91. The number of sulfonamides is 1. The summed E-state index contributed by atoms with van der Waals surface area (Å²) in [5.74, 6) is 0.188. The Morgan fingerprint density at radius 1 is 1.05 bits per heavy atom. The molecule has 1 aliphatic heterocycles. The summed E-state index contributed by atoms with van der Waals surface area (Å²) in [5.41, 5.74) is 1.05. The van der Waals surface area contributed by atoms with Crippen LogP contribution in [0.1, 0.15) is 51.0 Å². The van der Waals surface area contributed by atoms with Crippen molar-refractivity contribution in [3.63, 3.8) is 0 Å². The first-order chi connectivity index (χ1) is 18.2. The molecule has 2 aliphatic rings. The number of carbonyl (C=O) groups is 2. The van der Waals surface area contributed by atoms with Gasteiger partial charge in [-0.05, 0) is 49.1 Å². The van der Waals surface area contributed by atoms with E-state index in [1.54, 1.807) is 36.4 Å². The molecular weight excluding hydrogens is 530 g/mol. The number of hydrogen-bond donors (Lipinski definition) is 1. The molecule has 1 heterocycles. The Bertz CT molecular complexity index is 1250. The molecule has 1 aliphatic carbocycles. The molecule has 9 nitrogen and oxygen atoms in total. The fourth-order valence-corrected chi connectivity index (χ4v) is 5.87. The maximum Gasteiger partial charge on any atom is 0.244 e. The number of rotatable bonds is 10. The van der Waals surface area contributed by atoms with Crippen molar-refractivity contribution < 1.29 is 27.5 Å². The minimum Gasteiger partial charge on any atom is -0.454 e. The minimum absolute atomic E-state index is 0.0414. The Hall–Kier alpha value is -2.98. The number of carbonyl (C=O) groups excluding carboxylic acids is 2. The van der Waals surface area contributed by atoms with Gasteiger partial charge in [-0.15, -0.1) is 0 Å². The van der Waals surface area contributed by atoms with E-state index >= 15 is 0 Å². The van der Waals surface area contributed by atoms with Crippen LogP contribution in [0.4, 0.5) is 5.69 Å². The molecule has 0 unspecified atom stereocenters. The Morgan fingerprint density at radius 2 is 1.74 bits per heavy atom. The standard InChI is InChI=1S/C27H34ClN3O6S/c1-3-23(27(33)29-21-7-5-4-6-8-21)30(16-19-9-11-20(28)12-10-19)26(32)17-31(38(2,34)35)22-13-14-24-25(15-22)37-18-36-24/h9-15,21,23H,3-8,16-18H2,1-2H3,(H,29,33)/t23-/m0/s1. The molecule has 1 saturated carbocycles. The zero-order chi connectivity index (χ0) is 27.3. The fourth-order valence-electron chi connectivity index (χ4n) is 4.90. The number of hydrogen-bond acceptors (Lipinski definition) is 6. The van der Waals surface area contributed by atoms with E-state index in [0.717, 1.165) is 48.2 Å². The van der Waals surface area contributed by atoms with E-state index < -0.39 is 28.5 Å². The smallest absolute Gasteiger partial charge is 0.244 e. The predicted octanol–water partition coefficient (Wildman–Crippen LogP) is 4.09. The van der Waals surface area contributed by atoms with Crippen molar-refractivity contribution in [3.05, 3.63) is 53.1 Å². The number of nitrogens with zero attached hydrogens (tertiary/aromatic N) is 2. The maximum absolute atomic E-state index is 13.8. The van der Waals surface area contributed by atoms with Gasteiger partial charge in [0.15, 0.2) is 11.5 Å². The van der Waals surface area contributed by atoms with Gasteiger partial charge < -0.3 is 19.7 Å². The lowest BCUT2D eigenvalue weighted by Crippen LogP contribution is -2.53. The number of fused-ring (bicyclic) bond motifs is 1. The Labute approximate surface area is 229 Å². The number of nitrogens with one attached hydrogen (secondary N) is 1. The second kappa shape index (κ2) is 12.3. The summed E-state index contributed by atoms with van der Waals surface area (Å²) < 4.78 is 37.4. The summed E-state index contributed by atoms with van der Waals surface area (Å²) in [6.07, 6.45) is 6.54. The van der Waals surface area contributed by atoms with Gasteiger partial charge in [-0.1, -0.05) is 49.9 Å². The highest BCUT2D eigenvalue weighted by molar-refractivity contribution is 7.92. The highest BCUT2D eigenvalue weighted by Gasteiger charge is 2.33. The maximum atomic E-state index is 13.8. The second-order valence-corrected chi connectivity index (χ2v) is 12.1. The minimum atomic E-state index is -3.85. The van der Waals surface area contributed by atoms with Crippen LogP contribution in [0.25, 0.3) is 0 Å². The number of anilines is 1. The third-order valence-electron chi connectivity index (χ3n) is 6.93. The summed E-state index contributed by atoms with van der Waals surface area (Å²) in [6.45, 7) is 1.55. The average Bonchev–Trinajstić information content (AvgIpc) is 3.36. The van der Waals surface area contributed by atoms with Crippen LogP contribution in [0.5, 0.6) is 11.5 Å².